The van der Waals surface area contributed by atoms with Crippen molar-refractivity contribution in [3.63, 3.8) is 0 Å². The lowest BCUT2D eigenvalue weighted by atomic mass is 10.2. The van der Waals surface area contributed by atoms with Crippen molar-refractivity contribution in [3.05, 3.63) is 41.7 Å². The van der Waals surface area contributed by atoms with Crippen LogP contribution in [0.1, 0.15) is 18.3 Å². The molecule has 2 rings (SSSR count). The van der Waals surface area contributed by atoms with Crippen LogP contribution < -0.4 is 5.32 Å². The number of aromatic nitrogens is 2. The second-order valence-electron chi connectivity index (χ2n) is 3.73. The summed E-state index contributed by atoms with van der Waals surface area (Å²) in [6, 6.07) is 10.1. The fourth-order valence-corrected chi connectivity index (χ4v) is 1.97. The molecule has 0 aliphatic carbocycles. The summed E-state index contributed by atoms with van der Waals surface area (Å²) < 4.78 is 4.12. The topological polar surface area (TPSA) is 54.9 Å². The van der Waals surface area contributed by atoms with Crippen molar-refractivity contribution < 1.29 is 4.79 Å². The predicted molar refractivity (Wildman–Crippen MR) is 68.1 cm³/mol. The molecule has 1 heterocycles. The second-order valence-corrected chi connectivity index (χ2v) is 4.49. The molecule has 0 saturated carbocycles. The van der Waals surface area contributed by atoms with Gasteiger partial charge in [0.2, 0.25) is 5.13 Å². The lowest BCUT2D eigenvalue weighted by Crippen LogP contribution is -2.00. The van der Waals surface area contributed by atoms with Crippen LogP contribution in [0, 0.1) is 0 Å². The fourth-order valence-electron chi connectivity index (χ4n) is 1.39. The molecule has 1 aromatic heterocycles. The van der Waals surface area contributed by atoms with Crippen molar-refractivity contribution in [2.24, 2.45) is 0 Å². The van der Waals surface area contributed by atoms with Gasteiger partial charge in [0.05, 0.1) is 6.42 Å². The average Bonchev–Trinajstić information content (AvgIpc) is 2.75. The van der Waals surface area contributed by atoms with Crippen molar-refractivity contribution in [1.82, 2.24) is 9.36 Å². The lowest BCUT2D eigenvalue weighted by Gasteiger charge is -2.01. The first-order valence-corrected chi connectivity index (χ1v) is 6.11. The summed E-state index contributed by atoms with van der Waals surface area (Å²) >= 11 is 1.29. The van der Waals surface area contributed by atoms with Gasteiger partial charge < -0.3 is 5.32 Å². The average molecular weight is 247 g/mol. The van der Waals surface area contributed by atoms with Gasteiger partial charge in [-0.15, -0.1) is 0 Å². The Balaban J connectivity index is 1.91. The van der Waals surface area contributed by atoms with E-state index in [1.807, 2.05) is 30.3 Å². The van der Waals surface area contributed by atoms with Crippen LogP contribution in [0.2, 0.25) is 0 Å². The SMILES string of the molecule is CC(=O)Cc1nsc(NCc2ccccc2)n1. The molecule has 0 radical (unpaired) electrons. The monoisotopic (exact) mass is 247 g/mol. The molecule has 0 aliphatic rings. The Labute approximate surface area is 104 Å². The Morgan fingerprint density at radius 1 is 1.35 bits per heavy atom. The largest absolute Gasteiger partial charge is 0.356 e. The van der Waals surface area contributed by atoms with E-state index in [4.69, 9.17) is 0 Å². The Bertz CT molecular complexity index is 495. The number of rotatable bonds is 5. The van der Waals surface area contributed by atoms with E-state index in [0.717, 1.165) is 11.7 Å². The molecule has 17 heavy (non-hydrogen) atoms. The summed E-state index contributed by atoms with van der Waals surface area (Å²) in [7, 11) is 0. The summed E-state index contributed by atoms with van der Waals surface area (Å²) in [5, 5.41) is 3.94. The smallest absolute Gasteiger partial charge is 0.202 e. The molecular formula is C12H13N3OS. The molecule has 0 fully saturated rings. The van der Waals surface area contributed by atoms with Crippen molar-refractivity contribution in [1.29, 1.82) is 0 Å². The van der Waals surface area contributed by atoms with Gasteiger partial charge in [-0.1, -0.05) is 30.3 Å². The number of carbonyl (C=O) groups is 1. The van der Waals surface area contributed by atoms with Crippen LogP contribution in [0.5, 0.6) is 0 Å². The number of carbonyl (C=O) groups excluding carboxylic acids is 1. The van der Waals surface area contributed by atoms with Crippen LogP contribution in [0.25, 0.3) is 0 Å². The van der Waals surface area contributed by atoms with Gasteiger partial charge in [-0.25, -0.2) is 4.98 Å². The Kier molecular flexibility index (Phi) is 3.82. The molecule has 0 unspecified atom stereocenters. The Hall–Kier alpha value is -1.75. The highest BCUT2D eigenvalue weighted by Gasteiger charge is 2.05. The van der Waals surface area contributed by atoms with Gasteiger partial charge in [-0.05, 0) is 12.5 Å². The minimum atomic E-state index is 0.0809. The van der Waals surface area contributed by atoms with Crippen molar-refractivity contribution in [3.8, 4) is 0 Å². The van der Waals surface area contributed by atoms with Crippen molar-refractivity contribution >= 4 is 22.4 Å². The fraction of sp³-hybridized carbons (Fsp3) is 0.250. The van der Waals surface area contributed by atoms with E-state index in [1.54, 1.807) is 0 Å². The van der Waals surface area contributed by atoms with Gasteiger partial charge in [0.15, 0.2) is 5.82 Å². The zero-order chi connectivity index (χ0) is 12.1. The molecule has 0 saturated heterocycles. The third-order valence-corrected chi connectivity index (χ3v) is 2.87. The molecule has 0 aliphatic heterocycles. The first-order chi connectivity index (χ1) is 8.24. The number of ketones is 1. The number of hydrogen-bond acceptors (Lipinski definition) is 5. The molecule has 0 amide bonds. The molecule has 0 atom stereocenters. The third kappa shape index (κ3) is 3.64. The van der Waals surface area contributed by atoms with E-state index in [9.17, 15) is 4.79 Å². The number of anilines is 1. The van der Waals surface area contributed by atoms with Crippen LogP contribution >= 0.6 is 11.5 Å². The zero-order valence-electron chi connectivity index (χ0n) is 9.51. The van der Waals surface area contributed by atoms with Crippen LogP contribution in [0.4, 0.5) is 5.13 Å². The van der Waals surface area contributed by atoms with Gasteiger partial charge in [0.1, 0.15) is 5.78 Å². The summed E-state index contributed by atoms with van der Waals surface area (Å²) in [5.74, 6) is 0.676. The number of benzene rings is 1. The number of hydrogen-bond donors (Lipinski definition) is 1. The molecule has 1 N–H and O–H groups in total. The maximum absolute atomic E-state index is 10.9. The first kappa shape index (κ1) is 11.7. The first-order valence-electron chi connectivity index (χ1n) is 5.34. The maximum atomic E-state index is 10.9. The zero-order valence-corrected chi connectivity index (χ0v) is 10.3. The van der Waals surface area contributed by atoms with Crippen LogP contribution in [0.3, 0.4) is 0 Å². The minimum Gasteiger partial charge on any atom is -0.356 e. The molecular weight excluding hydrogens is 234 g/mol. The number of Topliss-reactive ketones (excluding diaryl/α,β-unsaturated/α-hetero) is 1. The molecule has 5 heteroatoms. The van der Waals surface area contributed by atoms with E-state index < -0.39 is 0 Å². The van der Waals surface area contributed by atoms with Gasteiger partial charge in [-0.2, -0.15) is 4.37 Å². The number of nitrogens with one attached hydrogen (secondary N) is 1. The van der Waals surface area contributed by atoms with Crippen molar-refractivity contribution in [2.75, 3.05) is 5.32 Å². The van der Waals surface area contributed by atoms with Crippen LogP contribution in [0.15, 0.2) is 30.3 Å². The van der Waals surface area contributed by atoms with Gasteiger partial charge in [-0.3, -0.25) is 4.79 Å². The van der Waals surface area contributed by atoms with Gasteiger partial charge in [0, 0.05) is 18.1 Å². The summed E-state index contributed by atoms with van der Waals surface area (Å²) in [6.45, 7) is 2.26. The second kappa shape index (κ2) is 5.54. The normalized spacial score (nSPS) is 10.2. The third-order valence-electron chi connectivity index (χ3n) is 2.16. The van der Waals surface area contributed by atoms with Crippen LogP contribution in [-0.2, 0) is 17.8 Å². The Morgan fingerprint density at radius 3 is 2.82 bits per heavy atom. The quantitative estimate of drug-likeness (QED) is 0.880. The molecule has 2 aromatic rings. The molecule has 88 valence electrons. The summed E-state index contributed by atoms with van der Waals surface area (Å²) in [4.78, 5) is 15.1. The molecule has 0 spiro atoms. The Morgan fingerprint density at radius 2 is 2.12 bits per heavy atom. The highest BCUT2D eigenvalue weighted by Crippen LogP contribution is 2.13. The molecule has 1 aromatic carbocycles. The van der Waals surface area contributed by atoms with E-state index in [1.165, 1.54) is 24.0 Å². The standard InChI is InChI=1S/C12H13N3OS/c1-9(16)7-11-14-12(17-15-11)13-8-10-5-3-2-4-6-10/h2-6H,7-8H2,1H3,(H,13,14,15). The number of nitrogens with zero attached hydrogens (tertiary/aromatic N) is 2. The van der Waals surface area contributed by atoms with E-state index >= 15 is 0 Å². The van der Waals surface area contributed by atoms with E-state index in [-0.39, 0.29) is 5.78 Å². The highest BCUT2D eigenvalue weighted by molar-refractivity contribution is 7.09. The highest BCUT2D eigenvalue weighted by atomic mass is 32.1. The summed E-state index contributed by atoms with van der Waals surface area (Å²) in [6.07, 6.45) is 0.309. The van der Waals surface area contributed by atoms with Gasteiger partial charge >= 0.3 is 0 Å². The minimum absolute atomic E-state index is 0.0809. The summed E-state index contributed by atoms with van der Waals surface area (Å²) in [5.41, 5.74) is 1.19. The van der Waals surface area contributed by atoms with Gasteiger partial charge in [0.25, 0.3) is 0 Å². The predicted octanol–water partition coefficient (Wildman–Crippen LogP) is 2.28. The van der Waals surface area contributed by atoms with Crippen molar-refractivity contribution in [2.45, 2.75) is 19.9 Å². The lowest BCUT2D eigenvalue weighted by molar-refractivity contribution is -0.116. The molecule has 0 bridgehead atoms. The van der Waals surface area contributed by atoms with E-state index in [2.05, 4.69) is 14.7 Å². The molecule has 4 nitrogen and oxygen atoms in total. The van der Waals surface area contributed by atoms with Crippen LogP contribution in [-0.4, -0.2) is 15.1 Å². The maximum Gasteiger partial charge on any atom is 0.202 e. The van der Waals surface area contributed by atoms with E-state index in [0.29, 0.717) is 12.2 Å².